The number of cyclic esters (lactones) is 1. The molecule has 0 amide bonds. The van der Waals surface area contributed by atoms with Crippen LogP contribution in [0.25, 0.3) is 0 Å². The van der Waals surface area contributed by atoms with E-state index in [9.17, 15) is 9.59 Å². The molecule has 4 heteroatoms. The third-order valence-electron chi connectivity index (χ3n) is 4.24. The zero-order valence-corrected chi connectivity index (χ0v) is 12.8. The molecule has 1 aliphatic carbocycles. The maximum Gasteiger partial charge on any atom is 0.306 e. The maximum atomic E-state index is 12.3. The van der Waals surface area contributed by atoms with Crippen molar-refractivity contribution in [1.82, 2.24) is 0 Å². The van der Waals surface area contributed by atoms with Gasteiger partial charge >= 0.3 is 5.97 Å². The molecule has 0 aromatic heterocycles. The van der Waals surface area contributed by atoms with E-state index in [0.29, 0.717) is 0 Å². The fraction of sp³-hybridized carbons (Fsp3) is 0.750. The van der Waals surface area contributed by atoms with Crippen molar-refractivity contribution in [2.45, 2.75) is 63.4 Å². The first-order chi connectivity index (χ1) is 9.56. The molecule has 0 aromatic rings. The molecule has 0 spiro atoms. The first kappa shape index (κ1) is 15.6. The summed E-state index contributed by atoms with van der Waals surface area (Å²) < 4.78 is 5.30. The van der Waals surface area contributed by atoms with Crippen LogP contribution in [-0.2, 0) is 14.3 Å². The van der Waals surface area contributed by atoms with Gasteiger partial charge in [-0.25, -0.2) is 0 Å². The number of carbonyl (C=O) groups excluding carboxylic acids is 2. The molecular weight excluding hydrogens is 276 g/mol. The summed E-state index contributed by atoms with van der Waals surface area (Å²) in [6, 6.07) is 0. The zero-order valence-electron chi connectivity index (χ0n) is 12.0. The number of esters is 1. The average molecular weight is 299 g/mol. The highest BCUT2D eigenvalue weighted by molar-refractivity contribution is 6.21. The molecule has 4 atom stereocenters. The molecule has 2 aliphatic rings. The van der Waals surface area contributed by atoms with Gasteiger partial charge in [0.1, 0.15) is 5.78 Å². The summed E-state index contributed by atoms with van der Waals surface area (Å²) in [6.45, 7) is 1.91. The van der Waals surface area contributed by atoms with Crippen molar-refractivity contribution in [3.05, 3.63) is 12.2 Å². The lowest BCUT2D eigenvalue weighted by Crippen LogP contribution is -2.20. The van der Waals surface area contributed by atoms with Gasteiger partial charge in [-0.05, 0) is 44.9 Å². The standard InChI is InChI=1S/C16H23ClO3/c1-11-5-3-2-4-6-12-9-13(17)10-14(12)15(18)7-8-16(19)20-11/h4,6,11-14H,2-3,5,7-10H2,1H3/b6-4+/t11-,12+,13-,14-/m0/s1. The van der Waals surface area contributed by atoms with Crippen LogP contribution in [0.4, 0.5) is 0 Å². The van der Waals surface area contributed by atoms with E-state index in [-0.39, 0.29) is 47.9 Å². The highest BCUT2D eigenvalue weighted by Crippen LogP contribution is 2.37. The lowest BCUT2D eigenvalue weighted by molar-refractivity contribution is -0.149. The van der Waals surface area contributed by atoms with Crippen LogP contribution in [0.1, 0.15) is 51.9 Å². The number of carbonyl (C=O) groups is 2. The van der Waals surface area contributed by atoms with Gasteiger partial charge in [-0.15, -0.1) is 11.6 Å². The van der Waals surface area contributed by atoms with Gasteiger partial charge in [0.2, 0.25) is 0 Å². The number of hydrogen-bond acceptors (Lipinski definition) is 3. The summed E-state index contributed by atoms with van der Waals surface area (Å²) >= 11 is 6.20. The van der Waals surface area contributed by atoms with E-state index >= 15 is 0 Å². The van der Waals surface area contributed by atoms with E-state index in [1.807, 2.05) is 6.92 Å². The lowest BCUT2D eigenvalue weighted by Gasteiger charge is -2.15. The van der Waals surface area contributed by atoms with Crippen molar-refractivity contribution in [3.63, 3.8) is 0 Å². The van der Waals surface area contributed by atoms with E-state index in [4.69, 9.17) is 16.3 Å². The summed E-state index contributed by atoms with van der Waals surface area (Å²) in [6.07, 6.45) is 9.19. The Bertz CT molecular complexity index is 391. The fourth-order valence-electron chi connectivity index (χ4n) is 3.14. The fourth-order valence-corrected chi connectivity index (χ4v) is 3.53. The summed E-state index contributed by atoms with van der Waals surface area (Å²) in [5.74, 6) is 0.139. The van der Waals surface area contributed by atoms with Gasteiger partial charge in [0.15, 0.2) is 0 Å². The van der Waals surface area contributed by atoms with Gasteiger partial charge in [-0.2, -0.15) is 0 Å². The van der Waals surface area contributed by atoms with Crippen molar-refractivity contribution in [2.24, 2.45) is 11.8 Å². The first-order valence-corrected chi connectivity index (χ1v) is 8.03. The average Bonchev–Trinajstić information content (AvgIpc) is 2.76. The number of ether oxygens (including phenoxy) is 1. The zero-order chi connectivity index (χ0) is 14.5. The Morgan fingerprint density at radius 2 is 2.05 bits per heavy atom. The molecule has 0 N–H and O–H groups in total. The van der Waals surface area contributed by atoms with Crippen LogP contribution in [0, 0.1) is 11.8 Å². The molecule has 3 nitrogen and oxygen atoms in total. The van der Waals surface area contributed by atoms with Crippen LogP contribution >= 0.6 is 11.6 Å². The topological polar surface area (TPSA) is 43.4 Å². The van der Waals surface area contributed by atoms with E-state index in [1.54, 1.807) is 0 Å². The third kappa shape index (κ3) is 4.34. The number of rotatable bonds is 0. The predicted molar refractivity (Wildman–Crippen MR) is 78.6 cm³/mol. The number of hydrogen-bond donors (Lipinski definition) is 0. The Balaban J connectivity index is 2.05. The number of allylic oxidation sites excluding steroid dienone is 2. The molecule has 112 valence electrons. The van der Waals surface area contributed by atoms with Crippen LogP contribution in [-0.4, -0.2) is 23.2 Å². The van der Waals surface area contributed by atoms with E-state index in [0.717, 1.165) is 32.1 Å². The molecule has 1 saturated carbocycles. The van der Waals surface area contributed by atoms with Crippen molar-refractivity contribution >= 4 is 23.4 Å². The summed E-state index contributed by atoms with van der Waals surface area (Å²) in [7, 11) is 0. The molecule has 0 aromatic carbocycles. The summed E-state index contributed by atoms with van der Waals surface area (Å²) in [5, 5.41) is 0.0819. The number of Topliss-reactive ketones (excluding diaryl/α,β-unsaturated/α-hetero) is 1. The normalized spacial score (nSPS) is 38.1. The Hall–Kier alpha value is -0.830. The quantitative estimate of drug-likeness (QED) is 0.389. The number of ketones is 1. The number of alkyl halides is 1. The summed E-state index contributed by atoms with van der Waals surface area (Å²) in [5.41, 5.74) is 0. The Labute approximate surface area is 125 Å². The molecule has 1 aliphatic heterocycles. The van der Waals surface area contributed by atoms with E-state index in [1.165, 1.54) is 0 Å². The molecule has 2 rings (SSSR count). The number of fused-ring (bicyclic) bond motifs is 1. The molecule has 0 bridgehead atoms. The molecule has 0 radical (unpaired) electrons. The van der Waals surface area contributed by atoms with E-state index in [2.05, 4.69) is 12.2 Å². The van der Waals surface area contributed by atoms with Gasteiger partial charge in [0.05, 0.1) is 12.5 Å². The van der Waals surface area contributed by atoms with Gasteiger partial charge in [-0.1, -0.05) is 12.2 Å². The second-order valence-corrected chi connectivity index (χ2v) is 6.58. The minimum Gasteiger partial charge on any atom is -0.463 e. The van der Waals surface area contributed by atoms with E-state index < -0.39 is 0 Å². The van der Waals surface area contributed by atoms with Gasteiger partial charge in [0, 0.05) is 17.7 Å². The smallest absolute Gasteiger partial charge is 0.306 e. The van der Waals surface area contributed by atoms with Crippen molar-refractivity contribution in [3.8, 4) is 0 Å². The molecule has 1 heterocycles. The van der Waals surface area contributed by atoms with Crippen molar-refractivity contribution < 1.29 is 14.3 Å². The SMILES string of the molecule is C[C@H]1CCC/C=C/[C@@H]2C[C@H](Cl)C[C@@H]2C(=O)CCC(=O)O1. The molecule has 20 heavy (non-hydrogen) atoms. The van der Waals surface area contributed by atoms with Gasteiger partial charge in [0.25, 0.3) is 0 Å². The molecule has 1 fully saturated rings. The molecule has 0 saturated heterocycles. The maximum absolute atomic E-state index is 12.3. The Kier molecular flexibility index (Phi) is 5.64. The monoisotopic (exact) mass is 298 g/mol. The van der Waals surface area contributed by atoms with Crippen LogP contribution in [0.15, 0.2) is 12.2 Å². The Morgan fingerprint density at radius 3 is 2.85 bits per heavy atom. The summed E-state index contributed by atoms with van der Waals surface area (Å²) in [4.78, 5) is 24.0. The van der Waals surface area contributed by atoms with Crippen LogP contribution in [0.2, 0.25) is 0 Å². The predicted octanol–water partition coefficient (Wildman–Crippen LogP) is 3.64. The minimum atomic E-state index is -0.255. The highest BCUT2D eigenvalue weighted by Gasteiger charge is 2.36. The van der Waals surface area contributed by atoms with Gasteiger partial charge < -0.3 is 4.74 Å². The lowest BCUT2D eigenvalue weighted by atomic mass is 9.89. The second-order valence-electron chi connectivity index (χ2n) is 5.96. The van der Waals surface area contributed by atoms with Crippen LogP contribution < -0.4 is 0 Å². The van der Waals surface area contributed by atoms with Crippen molar-refractivity contribution in [2.75, 3.05) is 0 Å². The second kappa shape index (κ2) is 7.26. The Morgan fingerprint density at radius 1 is 1.25 bits per heavy atom. The number of halogens is 1. The largest absolute Gasteiger partial charge is 0.463 e. The third-order valence-corrected chi connectivity index (χ3v) is 4.60. The minimum absolute atomic E-state index is 0.0141. The van der Waals surface area contributed by atoms with Crippen LogP contribution in [0.3, 0.4) is 0 Å². The molecular formula is C16H23ClO3. The highest BCUT2D eigenvalue weighted by atomic mass is 35.5. The first-order valence-electron chi connectivity index (χ1n) is 7.59. The van der Waals surface area contributed by atoms with Crippen LogP contribution in [0.5, 0.6) is 0 Å². The van der Waals surface area contributed by atoms with Gasteiger partial charge in [-0.3, -0.25) is 9.59 Å². The van der Waals surface area contributed by atoms with Crippen molar-refractivity contribution in [1.29, 1.82) is 0 Å². The molecule has 0 unspecified atom stereocenters.